The van der Waals surface area contributed by atoms with Gasteiger partial charge in [-0.25, -0.2) is 0 Å². The minimum Gasteiger partial charge on any atom is -0.465 e. The van der Waals surface area contributed by atoms with Gasteiger partial charge < -0.3 is 9.47 Å². The van der Waals surface area contributed by atoms with Gasteiger partial charge in [0.1, 0.15) is 6.61 Å². The zero-order chi connectivity index (χ0) is 10.2. The highest BCUT2D eigenvalue weighted by molar-refractivity contribution is 5.36. The van der Waals surface area contributed by atoms with Gasteiger partial charge in [-0.15, -0.1) is 0 Å². The van der Waals surface area contributed by atoms with E-state index in [-0.39, 0.29) is 6.10 Å². The van der Waals surface area contributed by atoms with E-state index in [1.165, 1.54) is 0 Å². The highest BCUT2D eigenvalue weighted by Gasteiger charge is 2.03. The van der Waals surface area contributed by atoms with Gasteiger partial charge in [-0.05, 0) is 12.5 Å². The molecule has 1 unspecified atom stereocenters. The molecule has 0 saturated heterocycles. The maximum absolute atomic E-state index is 9.84. The molecule has 0 aliphatic carbocycles. The minimum atomic E-state index is 0.0338. The maximum atomic E-state index is 9.84. The van der Waals surface area contributed by atoms with E-state index in [1.54, 1.807) is 0 Å². The summed E-state index contributed by atoms with van der Waals surface area (Å²) >= 11 is 0. The Morgan fingerprint density at radius 2 is 2.00 bits per heavy atom. The maximum Gasteiger partial charge on any atom is 0.293 e. The van der Waals surface area contributed by atoms with E-state index in [4.69, 9.17) is 4.74 Å². The summed E-state index contributed by atoms with van der Waals surface area (Å²) < 4.78 is 9.96. The first-order chi connectivity index (χ1) is 6.84. The summed E-state index contributed by atoms with van der Waals surface area (Å²) in [6, 6.07) is 9.91. The van der Waals surface area contributed by atoms with Gasteiger partial charge >= 0.3 is 0 Å². The Bertz CT molecular complexity index is 258. The summed E-state index contributed by atoms with van der Waals surface area (Å²) in [5.74, 6) is 0. The second-order valence-electron chi connectivity index (χ2n) is 2.89. The van der Waals surface area contributed by atoms with Crippen molar-refractivity contribution in [2.24, 2.45) is 0 Å². The fourth-order valence-corrected chi connectivity index (χ4v) is 1.14. The van der Waals surface area contributed by atoms with Crippen LogP contribution in [0.25, 0.3) is 0 Å². The highest BCUT2D eigenvalue weighted by atomic mass is 16.5. The molecule has 14 heavy (non-hydrogen) atoms. The number of carbonyl (C=O) groups excluding carboxylic acids is 1. The number of carbonyl (C=O) groups is 1. The summed E-state index contributed by atoms with van der Waals surface area (Å²) in [7, 11) is 0. The third-order valence-electron chi connectivity index (χ3n) is 1.91. The largest absolute Gasteiger partial charge is 0.465 e. The molecule has 0 saturated carbocycles. The van der Waals surface area contributed by atoms with E-state index < -0.39 is 0 Å². The van der Waals surface area contributed by atoms with Crippen molar-refractivity contribution in [1.29, 1.82) is 0 Å². The molecule has 0 amide bonds. The summed E-state index contributed by atoms with van der Waals surface area (Å²) in [6.07, 6.45) is 0.0338. The van der Waals surface area contributed by atoms with Crippen molar-refractivity contribution in [2.45, 2.75) is 13.0 Å². The smallest absolute Gasteiger partial charge is 0.293 e. The molecule has 0 N–H and O–H groups in total. The molecule has 3 heteroatoms. The van der Waals surface area contributed by atoms with E-state index in [0.29, 0.717) is 19.7 Å². The molecule has 76 valence electrons. The van der Waals surface area contributed by atoms with Gasteiger partial charge in [0.2, 0.25) is 0 Å². The van der Waals surface area contributed by atoms with Crippen molar-refractivity contribution in [3.05, 3.63) is 35.9 Å². The quantitative estimate of drug-likeness (QED) is 0.512. The lowest BCUT2D eigenvalue weighted by Crippen LogP contribution is -2.06. The van der Waals surface area contributed by atoms with Crippen LogP contribution in [0.15, 0.2) is 30.3 Å². The van der Waals surface area contributed by atoms with E-state index in [9.17, 15) is 4.79 Å². The van der Waals surface area contributed by atoms with E-state index >= 15 is 0 Å². The SMILES string of the molecule is CC(OCCOC=O)c1ccccc1. The Labute approximate surface area is 83.6 Å². The molecule has 0 spiro atoms. The highest BCUT2D eigenvalue weighted by Crippen LogP contribution is 2.15. The summed E-state index contributed by atoms with van der Waals surface area (Å²) in [4.78, 5) is 9.84. The van der Waals surface area contributed by atoms with Crippen molar-refractivity contribution >= 4 is 6.47 Å². The van der Waals surface area contributed by atoms with Crippen LogP contribution >= 0.6 is 0 Å². The van der Waals surface area contributed by atoms with Gasteiger partial charge in [0.25, 0.3) is 6.47 Å². The third-order valence-corrected chi connectivity index (χ3v) is 1.91. The van der Waals surface area contributed by atoms with Crippen molar-refractivity contribution in [3.8, 4) is 0 Å². The van der Waals surface area contributed by atoms with Crippen molar-refractivity contribution in [2.75, 3.05) is 13.2 Å². The lowest BCUT2D eigenvalue weighted by molar-refractivity contribution is -0.130. The third kappa shape index (κ3) is 3.58. The molecule has 1 atom stereocenters. The molecule has 0 aromatic heterocycles. The van der Waals surface area contributed by atoms with Crippen LogP contribution in [0.4, 0.5) is 0 Å². The Morgan fingerprint density at radius 1 is 1.29 bits per heavy atom. The summed E-state index contributed by atoms with van der Waals surface area (Å²) in [5.41, 5.74) is 1.12. The van der Waals surface area contributed by atoms with Gasteiger partial charge in [-0.3, -0.25) is 4.79 Å². The van der Waals surface area contributed by atoms with Gasteiger partial charge in [0.05, 0.1) is 12.7 Å². The predicted molar refractivity (Wildman–Crippen MR) is 52.8 cm³/mol. The normalized spacial score (nSPS) is 12.1. The molecule has 1 aromatic rings. The number of ether oxygens (including phenoxy) is 2. The molecule has 0 radical (unpaired) electrons. The van der Waals surface area contributed by atoms with Crippen molar-refractivity contribution in [3.63, 3.8) is 0 Å². The Hall–Kier alpha value is -1.35. The van der Waals surface area contributed by atoms with Crippen LogP contribution in [0.1, 0.15) is 18.6 Å². The first kappa shape index (κ1) is 10.7. The van der Waals surface area contributed by atoms with Gasteiger partial charge in [0, 0.05) is 0 Å². The molecule has 1 aromatic carbocycles. The molecule has 3 nitrogen and oxygen atoms in total. The molecular weight excluding hydrogens is 180 g/mol. The molecular formula is C11H14O3. The van der Waals surface area contributed by atoms with Crippen LogP contribution < -0.4 is 0 Å². The van der Waals surface area contributed by atoms with Crippen LogP contribution in [-0.4, -0.2) is 19.7 Å². The van der Waals surface area contributed by atoms with Crippen LogP contribution in [-0.2, 0) is 14.3 Å². The monoisotopic (exact) mass is 194 g/mol. The minimum absolute atomic E-state index is 0.0338. The van der Waals surface area contributed by atoms with Gasteiger partial charge in [-0.2, -0.15) is 0 Å². The molecule has 0 heterocycles. The van der Waals surface area contributed by atoms with Gasteiger partial charge in [-0.1, -0.05) is 30.3 Å². The van der Waals surface area contributed by atoms with Crippen LogP contribution in [0.5, 0.6) is 0 Å². The second kappa shape index (κ2) is 6.16. The van der Waals surface area contributed by atoms with E-state index in [2.05, 4.69) is 4.74 Å². The van der Waals surface area contributed by atoms with Crippen LogP contribution in [0.2, 0.25) is 0 Å². The molecule has 0 aliphatic rings. The van der Waals surface area contributed by atoms with Crippen molar-refractivity contribution in [1.82, 2.24) is 0 Å². The number of rotatable bonds is 6. The van der Waals surface area contributed by atoms with Crippen LogP contribution in [0, 0.1) is 0 Å². The van der Waals surface area contributed by atoms with Gasteiger partial charge in [0.15, 0.2) is 0 Å². The van der Waals surface area contributed by atoms with Crippen LogP contribution in [0.3, 0.4) is 0 Å². The Balaban J connectivity index is 2.28. The Kier molecular flexibility index (Phi) is 4.72. The number of hydrogen-bond acceptors (Lipinski definition) is 3. The summed E-state index contributed by atoms with van der Waals surface area (Å²) in [5, 5.41) is 0. The number of benzene rings is 1. The first-order valence-electron chi connectivity index (χ1n) is 4.56. The molecule has 0 bridgehead atoms. The standard InChI is InChI=1S/C11H14O3/c1-10(14-8-7-13-9-12)11-5-3-2-4-6-11/h2-6,9-10H,7-8H2,1H3. The first-order valence-corrected chi connectivity index (χ1v) is 4.56. The molecule has 0 aliphatic heterocycles. The van der Waals surface area contributed by atoms with E-state index in [0.717, 1.165) is 5.56 Å². The topological polar surface area (TPSA) is 35.5 Å². The average Bonchev–Trinajstić information content (AvgIpc) is 2.25. The molecule has 0 fully saturated rings. The molecule has 1 rings (SSSR count). The number of hydrogen-bond donors (Lipinski definition) is 0. The Morgan fingerprint density at radius 3 is 2.64 bits per heavy atom. The summed E-state index contributed by atoms with van der Waals surface area (Å²) in [6.45, 7) is 3.13. The lowest BCUT2D eigenvalue weighted by atomic mass is 10.1. The fraction of sp³-hybridized carbons (Fsp3) is 0.364. The zero-order valence-electron chi connectivity index (χ0n) is 8.18. The fourth-order valence-electron chi connectivity index (χ4n) is 1.14. The van der Waals surface area contributed by atoms with Crippen molar-refractivity contribution < 1.29 is 14.3 Å². The average molecular weight is 194 g/mol. The predicted octanol–water partition coefficient (Wildman–Crippen LogP) is 1.94. The zero-order valence-corrected chi connectivity index (χ0v) is 8.18. The van der Waals surface area contributed by atoms with E-state index in [1.807, 2.05) is 37.3 Å². The lowest BCUT2D eigenvalue weighted by Gasteiger charge is -2.12. The second-order valence-corrected chi connectivity index (χ2v) is 2.89.